The summed E-state index contributed by atoms with van der Waals surface area (Å²) in [5, 5.41) is 8.06. The van der Waals surface area contributed by atoms with E-state index in [1.807, 2.05) is 59.4 Å². The van der Waals surface area contributed by atoms with Crippen molar-refractivity contribution in [1.29, 1.82) is 0 Å². The Bertz CT molecular complexity index is 1280. The van der Waals surface area contributed by atoms with Crippen molar-refractivity contribution in [3.63, 3.8) is 0 Å². The summed E-state index contributed by atoms with van der Waals surface area (Å²) in [6.07, 6.45) is 4.24. The lowest BCUT2D eigenvalue weighted by molar-refractivity contribution is 0.0938. The third-order valence-corrected chi connectivity index (χ3v) is 6.78. The first kappa shape index (κ1) is 23.8. The minimum absolute atomic E-state index is 0.129. The number of carbonyl (C=O) groups is 1. The van der Waals surface area contributed by atoms with Crippen LogP contribution in [-0.4, -0.2) is 47.3 Å². The molecule has 0 unspecified atom stereocenters. The Labute approximate surface area is 212 Å². The molecule has 0 bridgehead atoms. The van der Waals surface area contributed by atoms with Crippen LogP contribution in [-0.2, 0) is 6.54 Å². The Hall–Kier alpha value is -3.90. The molecular weight excluding hydrogens is 448 g/mol. The smallest absolute Gasteiger partial charge is 0.255 e. The van der Waals surface area contributed by atoms with Crippen molar-refractivity contribution in [3.8, 4) is 17.0 Å². The van der Waals surface area contributed by atoms with E-state index >= 15 is 0 Å². The van der Waals surface area contributed by atoms with Gasteiger partial charge in [0, 0.05) is 18.3 Å². The predicted molar refractivity (Wildman–Crippen MR) is 142 cm³/mol. The highest BCUT2D eigenvalue weighted by Crippen LogP contribution is 2.31. The maximum absolute atomic E-state index is 13.6. The molecule has 184 valence electrons. The number of nitrogens with one attached hydrogen (secondary N) is 1. The third kappa shape index (κ3) is 5.34. The fourth-order valence-electron chi connectivity index (χ4n) is 4.95. The van der Waals surface area contributed by atoms with Gasteiger partial charge in [0.2, 0.25) is 0 Å². The van der Waals surface area contributed by atoms with Gasteiger partial charge >= 0.3 is 0 Å². The van der Waals surface area contributed by atoms with E-state index in [1.54, 1.807) is 7.11 Å². The SMILES string of the molecule is COc1ccccc1-c1nn(Cc2ccccc2)cc1C(=O)NC[C@H](c1ccccc1)N1CCCC1. The number of methoxy groups -OCH3 is 1. The van der Waals surface area contributed by atoms with E-state index in [1.165, 1.54) is 18.4 Å². The minimum Gasteiger partial charge on any atom is -0.496 e. The molecule has 1 aromatic heterocycles. The average molecular weight is 481 g/mol. The van der Waals surface area contributed by atoms with Crippen LogP contribution in [0.25, 0.3) is 11.3 Å². The highest BCUT2D eigenvalue weighted by molar-refractivity contribution is 6.00. The van der Waals surface area contributed by atoms with Gasteiger partial charge in [-0.3, -0.25) is 14.4 Å². The fourth-order valence-corrected chi connectivity index (χ4v) is 4.95. The summed E-state index contributed by atoms with van der Waals surface area (Å²) < 4.78 is 7.43. The first-order chi connectivity index (χ1) is 17.7. The second-order valence-corrected chi connectivity index (χ2v) is 9.15. The van der Waals surface area contributed by atoms with Crippen molar-refractivity contribution in [2.24, 2.45) is 0 Å². The summed E-state index contributed by atoms with van der Waals surface area (Å²) in [6.45, 7) is 3.22. The van der Waals surface area contributed by atoms with E-state index < -0.39 is 0 Å². The molecule has 5 rings (SSSR count). The Morgan fingerprint density at radius 1 is 0.944 bits per heavy atom. The van der Waals surface area contributed by atoms with E-state index in [-0.39, 0.29) is 11.9 Å². The van der Waals surface area contributed by atoms with Gasteiger partial charge in [0.05, 0.1) is 25.3 Å². The van der Waals surface area contributed by atoms with E-state index in [2.05, 4.69) is 46.6 Å². The third-order valence-electron chi connectivity index (χ3n) is 6.78. The molecule has 0 spiro atoms. The average Bonchev–Trinajstić information content (AvgIpc) is 3.61. The summed E-state index contributed by atoms with van der Waals surface area (Å²) in [5.74, 6) is 0.561. The number of ether oxygens (including phenoxy) is 1. The Balaban J connectivity index is 1.43. The van der Waals surface area contributed by atoms with Gasteiger partial charge < -0.3 is 10.1 Å². The van der Waals surface area contributed by atoms with Gasteiger partial charge in [0.15, 0.2) is 0 Å². The fraction of sp³-hybridized carbons (Fsp3) is 0.267. The van der Waals surface area contributed by atoms with Crippen LogP contribution in [0.2, 0.25) is 0 Å². The molecule has 1 fully saturated rings. The van der Waals surface area contributed by atoms with Gasteiger partial charge in [0.1, 0.15) is 11.4 Å². The lowest BCUT2D eigenvalue weighted by Crippen LogP contribution is -2.36. The molecule has 0 saturated carbocycles. The molecule has 4 aromatic rings. The second kappa shape index (κ2) is 11.2. The molecule has 1 aliphatic heterocycles. The number of nitrogens with zero attached hydrogens (tertiary/aromatic N) is 3. The van der Waals surface area contributed by atoms with E-state index in [9.17, 15) is 4.79 Å². The Morgan fingerprint density at radius 3 is 2.33 bits per heavy atom. The number of para-hydroxylation sites is 1. The Kier molecular flexibility index (Phi) is 7.43. The van der Waals surface area contributed by atoms with Crippen molar-refractivity contribution in [2.45, 2.75) is 25.4 Å². The van der Waals surface area contributed by atoms with Crippen LogP contribution in [0.15, 0.2) is 91.1 Å². The zero-order valence-electron chi connectivity index (χ0n) is 20.6. The molecule has 1 amide bonds. The lowest BCUT2D eigenvalue weighted by Gasteiger charge is -2.28. The molecule has 1 aliphatic rings. The number of amides is 1. The minimum atomic E-state index is -0.129. The first-order valence-electron chi connectivity index (χ1n) is 12.5. The number of likely N-dealkylation sites (tertiary alicyclic amines) is 1. The van der Waals surface area contributed by atoms with E-state index in [0.29, 0.717) is 30.1 Å². The van der Waals surface area contributed by atoms with Crippen LogP contribution >= 0.6 is 0 Å². The van der Waals surface area contributed by atoms with Crippen LogP contribution in [0, 0.1) is 0 Å². The summed E-state index contributed by atoms with van der Waals surface area (Å²) in [5.41, 5.74) is 4.32. The zero-order chi connectivity index (χ0) is 24.7. The quantitative estimate of drug-likeness (QED) is 0.359. The van der Waals surface area contributed by atoms with Crippen molar-refractivity contribution < 1.29 is 9.53 Å². The van der Waals surface area contributed by atoms with Crippen LogP contribution < -0.4 is 10.1 Å². The predicted octanol–water partition coefficient (Wildman–Crippen LogP) is 5.17. The van der Waals surface area contributed by atoms with Crippen molar-refractivity contribution in [3.05, 3.63) is 108 Å². The lowest BCUT2D eigenvalue weighted by atomic mass is 10.0. The number of rotatable bonds is 9. The maximum Gasteiger partial charge on any atom is 0.255 e. The molecule has 6 nitrogen and oxygen atoms in total. The van der Waals surface area contributed by atoms with Gasteiger partial charge in [-0.2, -0.15) is 5.10 Å². The normalized spacial score (nSPS) is 14.5. The largest absolute Gasteiger partial charge is 0.496 e. The van der Waals surface area contributed by atoms with Crippen LogP contribution in [0.1, 0.15) is 40.4 Å². The molecule has 2 heterocycles. The van der Waals surface area contributed by atoms with Crippen molar-refractivity contribution in [2.75, 3.05) is 26.7 Å². The molecule has 0 aliphatic carbocycles. The van der Waals surface area contributed by atoms with Crippen molar-refractivity contribution in [1.82, 2.24) is 20.0 Å². The zero-order valence-corrected chi connectivity index (χ0v) is 20.6. The molecule has 36 heavy (non-hydrogen) atoms. The van der Waals surface area contributed by atoms with Crippen LogP contribution in [0.3, 0.4) is 0 Å². The summed E-state index contributed by atoms with van der Waals surface area (Å²) in [7, 11) is 1.64. The summed E-state index contributed by atoms with van der Waals surface area (Å²) in [4.78, 5) is 16.1. The molecule has 1 N–H and O–H groups in total. The maximum atomic E-state index is 13.6. The number of benzene rings is 3. The van der Waals surface area contributed by atoms with Crippen LogP contribution in [0.5, 0.6) is 5.75 Å². The van der Waals surface area contributed by atoms with Crippen molar-refractivity contribution >= 4 is 5.91 Å². The summed E-state index contributed by atoms with van der Waals surface area (Å²) >= 11 is 0. The van der Waals surface area contributed by atoms with Gasteiger partial charge in [-0.05, 0) is 49.2 Å². The number of carbonyl (C=O) groups excluding carboxylic acids is 1. The molecule has 6 heteroatoms. The first-order valence-corrected chi connectivity index (χ1v) is 12.5. The number of aromatic nitrogens is 2. The topological polar surface area (TPSA) is 59.4 Å². The molecular formula is C30H32N4O2. The van der Waals surface area contributed by atoms with Crippen LogP contribution in [0.4, 0.5) is 0 Å². The monoisotopic (exact) mass is 480 g/mol. The van der Waals surface area contributed by atoms with E-state index in [4.69, 9.17) is 9.84 Å². The number of hydrogen-bond acceptors (Lipinski definition) is 4. The molecule has 1 saturated heterocycles. The highest BCUT2D eigenvalue weighted by Gasteiger charge is 2.26. The second-order valence-electron chi connectivity index (χ2n) is 9.15. The molecule has 3 aromatic carbocycles. The number of hydrogen-bond donors (Lipinski definition) is 1. The van der Waals surface area contributed by atoms with Gasteiger partial charge in [-0.25, -0.2) is 0 Å². The van der Waals surface area contributed by atoms with Gasteiger partial charge in [-0.1, -0.05) is 72.8 Å². The van der Waals surface area contributed by atoms with Gasteiger partial charge in [0.25, 0.3) is 5.91 Å². The Morgan fingerprint density at radius 2 is 1.61 bits per heavy atom. The standard InChI is InChI=1S/C30H32N4O2/c1-36-28-17-9-8-16-25(28)29-26(22-34(32-29)21-23-12-4-2-5-13-23)30(35)31-20-27(33-18-10-11-19-33)24-14-6-3-7-15-24/h2-9,12-17,22,27H,10-11,18-21H2,1H3,(H,31,35)/t27-/m1/s1. The molecule has 1 atom stereocenters. The summed E-state index contributed by atoms with van der Waals surface area (Å²) in [6, 6.07) is 28.4. The van der Waals surface area contributed by atoms with Gasteiger partial charge in [-0.15, -0.1) is 0 Å². The van der Waals surface area contributed by atoms with E-state index in [0.717, 1.165) is 24.2 Å². The highest BCUT2D eigenvalue weighted by atomic mass is 16.5. The molecule has 0 radical (unpaired) electrons.